The first-order chi connectivity index (χ1) is 8.49. The second kappa shape index (κ2) is 4.61. The van der Waals surface area contributed by atoms with Gasteiger partial charge in [-0.1, -0.05) is 0 Å². The fourth-order valence-corrected chi connectivity index (χ4v) is 1.97. The van der Waals surface area contributed by atoms with E-state index in [0.29, 0.717) is 15.7 Å². The maximum absolute atomic E-state index is 12.0. The number of carbonyl (C=O) groups is 1. The van der Waals surface area contributed by atoms with Crippen molar-refractivity contribution in [1.29, 1.82) is 0 Å². The van der Waals surface area contributed by atoms with Crippen LogP contribution in [0.1, 0.15) is 16.1 Å². The summed E-state index contributed by atoms with van der Waals surface area (Å²) in [5.74, 6) is -1.01. The Morgan fingerprint density at radius 3 is 2.61 bits per heavy atom. The molecule has 0 aliphatic carbocycles. The number of hydrogen-bond donors (Lipinski definition) is 1. The van der Waals surface area contributed by atoms with E-state index >= 15 is 0 Å². The monoisotopic (exact) mass is 310 g/mol. The van der Waals surface area contributed by atoms with Crippen molar-refractivity contribution < 1.29 is 14.1 Å². The standard InChI is InChI=1S/C11H7BrN2O4/c12-8-5-6(13)1-2-7(8)11(15)9-3-4-10(18-9)14(16)17/h1-5H,13H2. The molecule has 2 aromatic rings. The minimum atomic E-state index is -0.700. The number of benzene rings is 1. The number of furan rings is 1. The topological polar surface area (TPSA) is 99.4 Å². The third-order valence-electron chi connectivity index (χ3n) is 2.23. The van der Waals surface area contributed by atoms with Gasteiger partial charge in [0, 0.05) is 15.7 Å². The molecule has 2 N–H and O–H groups in total. The lowest BCUT2D eigenvalue weighted by molar-refractivity contribution is -0.402. The Kier molecular flexibility index (Phi) is 3.15. The van der Waals surface area contributed by atoms with E-state index in [9.17, 15) is 14.9 Å². The molecular formula is C11H7BrN2O4. The first-order valence-corrected chi connectivity index (χ1v) is 5.62. The SMILES string of the molecule is Nc1ccc(C(=O)c2ccc([N+](=O)[O-])o2)c(Br)c1. The van der Waals surface area contributed by atoms with Crippen molar-refractivity contribution in [2.75, 3.05) is 5.73 Å². The number of nitrogens with two attached hydrogens (primary N) is 1. The largest absolute Gasteiger partial charge is 0.433 e. The molecule has 7 heteroatoms. The van der Waals surface area contributed by atoms with Gasteiger partial charge in [-0.2, -0.15) is 0 Å². The van der Waals surface area contributed by atoms with Crippen LogP contribution in [0.25, 0.3) is 0 Å². The van der Waals surface area contributed by atoms with Crippen LogP contribution in [0.3, 0.4) is 0 Å². The maximum Gasteiger partial charge on any atom is 0.433 e. The van der Waals surface area contributed by atoms with Gasteiger partial charge in [0.05, 0.1) is 6.07 Å². The third-order valence-corrected chi connectivity index (χ3v) is 2.89. The van der Waals surface area contributed by atoms with Crippen LogP contribution in [0.2, 0.25) is 0 Å². The summed E-state index contributed by atoms with van der Waals surface area (Å²) in [5.41, 5.74) is 6.39. The number of rotatable bonds is 3. The molecule has 0 radical (unpaired) electrons. The zero-order valence-corrected chi connectivity index (χ0v) is 10.5. The number of ketones is 1. The summed E-state index contributed by atoms with van der Waals surface area (Å²) in [6.07, 6.45) is 0. The Bertz CT molecular complexity index is 636. The van der Waals surface area contributed by atoms with Gasteiger partial charge < -0.3 is 10.2 Å². The molecule has 0 saturated heterocycles. The van der Waals surface area contributed by atoms with Crippen LogP contribution >= 0.6 is 15.9 Å². The van der Waals surface area contributed by atoms with Gasteiger partial charge in [0.1, 0.15) is 4.92 Å². The van der Waals surface area contributed by atoms with Gasteiger partial charge in [-0.05, 0) is 40.2 Å². The first-order valence-electron chi connectivity index (χ1n) is 4.83. The predicted octanol–water partition coefficient (Wildman–Crippen LogP) is 2.76. The Balaban J connectivity index is 2.38. The molecule has 0 aliphatic heterocycles. The number of carbonyl (C=O) groups excluding carboxylic acids is 1. The fourth-order valence-electron chi connectivity index (χ4n) is 1.40. The molecule has 0 fully saturated rings. The number of hydrogen-bond acceptors (Lipinski definition) is 5. The van der Waals surface area contributed by atoms with E-state index in [1.165, 1.54) is 12.1 Å². The Labute approximate surface area is 110 Å². The molecule has 1 aromatic carbocycles. The first kappa shape index (κ1) is 12.3. The lowest BCUT2D eigenvalue weighted by Crippen LogP contribution is -2.01. The summed E-state index contributed by atoms with van der Waals surface area (Å²) >= 11 is 3.20. The van der Waals surface area contributed by atoms with Crippen molar-refractivity contribution in [3.05, 3.63) is 56.2 Å². The molecule has 0 spiro atoms. The molecular weight excluding hydrogens is 304 g/mol. The van der Waals surface area contributed by atoms with E-state index in [1.54, 1.807) is 12.1 Å². The zero-order chi connectivity index (χ0) is 13.3. The second-order valence-corrected chi connectivity index (χ2v) is 4.32. The third kappa shape index (κ3) is 2.25. The predicted molar refractivity (Wildman–Crippen MR) is 67.3 cm³/mol. The highest BCUT2D eigenvalue weighted by molar-refractivity contribution is 9.10. The summed E-state index contributed by atoms with van der Waals surface area (Å²) in [6.45, 7) is 0. The number of nitro groups is 1. The van der Waals surface area contributed by atoms with Crippen molar-refractivity contribution in [2.45, 2.75) is 0 Å². The van der Waals surface area contributed by atoms with Crippen molar-refractivity contribution in [3.8, 4) is 0 Å². The lowest BCUT2D eigenvalue weighted by Gasteiger charge is -2.02. The minimum absolute atomic E-state index is 0.0906. The molecule has 0 bridgehead atoms. The quantitative estimate of drug-likeness (QED) is 0.406. The van der Waals surface area contributed by atoms with Gasteiger partial charge in [0.25, 0.3) is 0 Å². The normalized spacial score (nSPS) is 10.3. The van der Waals surface area contributed by atoms with Crippen LogP contribution in [-0.4, -0.2) is 10.7 Å². The van der Waals surface area contributed by atoms with E-state index in [0.717, 1.165) is 6.07 Å². The van der Waals surface area contributed by atoms with Gasteiger partial charge in [-0.25, -0.2) is 0 Å². The van der Waals surface area contributed by atoms with Gasteiger partial charge >= 0.3 is 5.88 Å². The molecule has 6 nitrogen and oxygen atoms in total. The van der Waals surface area contributed by atoms with E-state index in [4.69, 9.17) is 10.2 Å². The molecule has 1 heterocycles. The average molecular weight is 311 g/mol. The number of halogens is 1. The van der Waals surface area contributed by atoms with Crippen LogP contribution in [-0.2, 0) is 0 Å². The van der Waals surface area contributed by atoms with E-state index in [2.05, 4.69) is 15.9 Å². The van der Waals surface area contributed by atoms with Crippen molar-refractivity contribution in [3.63, 3.8) is 0 Å². The molecule has 0 saturated carbocycles. The zero-order valence-electron chi connectivity index (χ0n) is 8.92. The van der Waals surface area contributed by atoms with E-state index < -0.39 is 16.6 Å². The van der Waals surface area contributed by atoms with Gasteiger partial charge in [0.2, 0.25) is 5.78 Å². The molecule has 0 unspecified atom stereocenters. The molecule has 18 heavy (non-hydrogen) atoms. The molecule has 1 aromatic heterocycles. The highest BCUT2D eigenvalue weighted by atomic mass is 79.9. The molecule has 92 valence electrons. The van der Waals surface area contributed by atoms with Gasteiger partial charge in [-0.3, -0.25) is 14.9 Å². The van der Waals surface area contributed by atoms with Gasteiger partial charge in [-0.15, -0.1) is 0 Å². The molecule has 0 amide bonds. The van der Waals surface area contributed by atoms with Crippen LogP contribution in [0, 0.1) is 10.1 Å². The number of nitrogen functional groups attached to an aromatic ring is 1. The molecule has 0 atom stereocenters. The minimum Gasteiger partial charge on any atom is -0.399 e. The van der Waals surface area contributed by atoms with Gasteiger partial charge in [0.15, 0.2) is 5.76 Å². The molecule has 2 rings (SSSR count). The van der Waals surface area contributed by atoms with Crippen LogP contribution < -0.4 is 5.73 Å². The van der Waals surface area contributed by atoms with Crippen molar-refractivity contribution in [2.24, 2.45) is 0 Å². The van der Waals surface area contributed by atoms with Crippen LogP contribution in [0.5, 0.6) is 0 Å². The van der Waals surface area contributed by atoms with E-state index in [-0.39, 0.29) is 5.76 Å². The summed E-state index contributed by atoms with van der Waals surface area (Å²) in [7, 11) is 0. The van der Waals surface area contributed by atoms with E-state index in [1.807, 2.05) is 0 Å². The lowest BCUT2D eigenvalue weighted by atomic mass is 10.1. The summed E-state index contributed by atoms with van der Waals surface area (Å²) in [5, 5.41) is 10.5. The Morgan fingerprint density at radius 1 is 1.33 bits per heavy atom. The highest BCUT2D eigenvalue weighted by Gasteiger charge is 2.20. The smallest absolute Gasteiger partial charge is 0.399 e. The summed E-state index contributed by atoms with van der Waals surface area (Å²) in [4.78, 5) is 21.8. The maximum atomic E-state index is 12.0. The van der Waals surface area contributed by atoms with Crippen molar-refractivity contribution >= 4 is 33.3 Å². The Hall–Kier alpha value is -2.15. The molecule has 0 aliphatic rings. The van der Waals surface area contributed by atoms with Crippen LogP contribution in [0.4, 0.5) is 11.6 Å². The highest BCUT2D eigenvalue weighted by Crippen LogP contribution is 2.25. The second-order valence-electron chi connectivity index (χ2n) is 3.46. The summed E-state index contributed by atoms with van der Waals surface area (Å²) < 4.78 is 5.35. The summed E-state index contributed by atoms with van der Waals surface area (Å²) in [6, 6.07) is 7.07. The van der Waals surface area contributed by atoms with Crippen molar-refractivity contribution in [1.82, 2.24) is 0 Å². The number of nitrogens with zero attached hydrogens (tertiary/aromatic N) is 1. The Morgan fingerprint density at radius 2 is 2.06 bits per heavy atom. The fraction of sp³-hybridized carbons (Fsp3) is 0. The number of anilines is 1. The average Bonchev–Trinajstić information content (AvgIpc) is 2.77. The van der Waals surface area contributed by atoms with Crippen LogP contribution in [0.15, 0.2) is 39.2 Å².